The Bertz CT molecular complexity index is 1560. The Kier molecular flexibility index (Phi) is 8.87. The predicted octanol–water partition coefficient (Wildman–Crippen LogP) is -2.71. The molecule has 2 aliphatic rings. The molecule has 3 aromatic rings. The van der Waals surface area contributed by atoms with Crippen molar-refractivity contribution in [3.05, 3.63) is 40.6 Å². The minimum absolute atomic E-state index is 0.107. The zero-order valence-corrected chi connectivity index (χ0v) is 22.4. The van der Waals surface area contributed by atoms with Crippen molar-refractivity contribution in [2.45, 2.75) is 61.4 Å². The van der Waals surface area contributed by atoms with Gasteiger partial charge < -0.3 is 79.5 Å². The average molecular weight is 627 g/mol. The molecule has 10 atom stereocenters. The van der Waals surface area contributed by atoms with Crippen LogP contribution < -0.4 is 10.2 Å². The molecule has 0 bridgehead atoms. The number of aliphatic hydroxyl groups is 7. The first-order valence-electron chi connectivity index (χ1n) is 13.2. The van der Waals surface area contributed by atoms with Gasteiger partial charge in [-0.2, -0.15) is 0 Å². The van der Waals surface area contributed by atoms with Gasteiger partial charge in [-0.25, -0.2) is 0 Å². The van der Waals surface area contributed by atoms with Crippen LogP contribution in [0.3, 0.4) is 0 Å². The predicted molar refractivity (Wildman–Crippen MR) is 142 cm³/mol. The molecule has 0 spiro atoms. The van der Waals surface area contributed by atoms with Gasteiger partial charge in [-0.05, 0) is 18.2 Å². The number of benzene rings is 2. The van der Waals surface area contributed by atoms with E-state index >= 15 is 0 Å². The second-order valence-corrected chi connectivity index (χ2v) is 10.2. The number of fused-ring (bicyclic) bond motifs is 1. The fourth-order valence-corrected chi connectivity index (χ4v) is 4.94. The topological polar surface area (TPSA) is 290 Å². The zero-order chi connectivity index (χ0) is 32.0. The van der Waals surface area contributed by atoms with E-state index in [4.69, 9.17) is 23.4 Å². The SMILES string of the molecule is O=c1cc(-c2ccc(O)c(O)c2)oc2c(O)c(O[C@H]3O[C@@H](CO)[C@H](O)[C@@H](O)[C@@H]3O[C@@H]3O[C@@H](CO)[C@H](O)[C@H](O)[C@@H]3O)cc(O)c12. The third-order valence-electron chi connectivity index (χ3n) is 7.39. The third-order valence-corrected chi connectivity index (χ3v) is 7.39. The number of phenols is 4. The largest absolute Gasteiger partial charge is 0.507 e. The summed E-state index contributed by atoms with van der Waals surface area (Å²) < 4.78 is 27.7. The number of phenolic OH excluding ortho intramolecular Hbond substituents is 4. The summed E-state index contributed by atoms with van der Waals surface area (Å²) in [6.45, 7) is -1.64. The lowest BCUT2D eigenvalue weighted by atomic mass is 9.97. The lowest BCUT2D eigenvalue weighted by molar-refractivity contribution is -0.358. The summed E-state index contributed by atoms with van der Waals surface area (Å²) >= 11 is 0. The Labute approximate surface area is 246 Å². The molecule has 2 saturated heterocycles. The van der Waals surface area contributed by atoms with Gasteiger partial charge in [-0.3, -0.25) is 4.79 Å². The highest BCUT2D eigenvalue weighted by Gasteiger charge is 2.51. The number of hydrogen-bond acceptors (Lipinski definition) is 17. The second kappa shape index (κ2) is 12.3. The van der Waals surface area contributed by atoms with Crippen molar-refractivity contribution in [1.82, 2.24) is 0 Å². The molecule has 2 aromatic carbocycles. The Balaban J connectivity index is 1.52. The summed E-state index contributed by atoms with van der Waals surface area (Å²) in [4.78, 5) is 12.9. The van der Waals surface area contributed by atoms with Crippen molar-refractivity contribution < 1.29 is 79.5 Å². The normalized spacial score (nSPS) is 32.5. The number of aromatic hydroxyl groups is 4. The average Bonchev–Trinajstić information content (AvgIpc) is 3.00. The van der Waals surface area contributed by atoms with Crippen LogP contribution in [-0.2, 0) is 14.2 Å². The Morgan fingerprint density at radius 1 is 0.705 bits per heavy atom. The summed E-state index contributed by atoms with van der Waals surface area (Å²) in [5.74, 6) is -3.39. The molecule has 0 radical (unpaired) electrons. The summed E-state index contributed by atoms with van der Waals surface area (Å²) in [5.41, 5.74) is -1.29. The van der Waals surface area contributed by atoms with Crippen LogP contribution in [0.2, 0.25) is 0 Å². The van der Waals surface area contributed by atoms with E-state index in [1.807, 2.05) is 0 Å². The number of rotatable bonds is 7. The summed E-state index contributed by atoms with van der Waals surface area (Å²) in [6, 6.07) is 5.27. The third kappa shape index (κ3) is 5.61. The van der Waals surface area contributed by atoms with E-state index < -0.39 is 120 Å². The van der Waals surface area contributed by atoms with Crippen molar-refractivity contribution in [2.75, 3.05) is 13.2 Å². The smallest absolute Gasteiger partial charge is 0.229 e. The summed E-state index contributed by atoms with van der Waals surface area (Å²) in [5, 5.41) is 112. The fourth-order valence-electron chi connectivity index (χ4n) is 4.94. The molecule has 17 nitrogen and oxygen atoms in total. The van der Waals surface area contributed by atoms with Gasteiger partial charge in [0.15, 0.2) is 40.7 Å². The zero-order valence-electron chi connectivity index (χ0n) is 22.4. The van der Waals surface area contributed by atoms with Crippen LogP contribution in [-0.4, -0.2) is 131 Å². The van der Waals surface area contributed by atoms with Gasteiger partial charge in [0.25, 0.3) is 0 Å². The van der Waals surface area contributed by atoms with Gasteiger partial charge in [-0.15, -0.1) is 0 Å². The van der Waals surface area contributed by atoms with E-state index in [0.717, 1.165) is 24.3 Å². The van der Waals surface area contributed by atoms with Gasteiger partial charge in [0.1, 0.15) is 59.6 Å². The first-order valence-corrected chi connectivity index (χ1v) is 13.2. The van der Waals surface area contributed by atoms with E-state index in [0.29, 0.717) is 0 Å². The molecular formula is C27H30O17. The first kappa shape index (κ1) is 31.7. The summed E-state index contributed by atoms with van der Waals surface area (Å²) in [7, 11) is 0. The molecule has 0 amide bonds. The molecule has 44 heavy (non-hydrogen) atoms. The highest BCUT2D eigenvalue weighted by Crippen LogP contribution is 2.42. The van der Waals surface area contributed by atoms with Crippen LogP contribution in [0.4, 0.5) is 0 Å². The molecule has 2 fully saturated rings. The van der Waals surface area contributed by atoms with Crippen molar-refractivity contribution in [2.24, 2.45) is 0 Å². The van der Waals surface area contributed by atoms with Crippen molar-refractivity contribution in [3.63, 3.8) is 0 Å². The molecule has 5 rings (SSSR count). The van der Waals surface area contributed by atoms with Gasteiger partial charge in [0.05, 0.1) is 13.2 Å². The highest BCUT2D eigenvalue weighted by atomic mass is 16.8. The van der Waals surface area contributed by atoms with E-state index in [-0.39, 0.29) is 11.3 Å². The van der Waals surface area contributed by atoms with E-state index in [1.165, 1.54) is 6.07 Å². The second-order valence-electron chi connectivity index (χ2n) is 10.2. The van der Waals surface area contributed by atoms with Crippen molar-refractivity contribution in [3.8, 4) is 40.1 Å². The monoisotopic (exact) mass is 626 g/mol. The standard InChI is InChI=1S/C27H30O17/c28-6-15-18(34)21(37)23(39)26(42-15)44-25-22(38)19(35)16(7-29)43-27(25)41-14-5-12(33)17-11(32)4-13(40-24(17)20(14)36)8-1-2-9(30)10(31)3-8/h1-5,15-16,18-19,21-23,25-31,33-39H,6-7H2/t15-,16-,18-,19-,21-,22+,23-,25-,26-,27-/m0/s1. The molecule has 240 valence electrons. The van der Waals surface area contributed by atoms with Gasteiger partial charge in [0.2, 0.25) is 12.0 Å². The summed E-state index contributed by atoms with van der Waals surface area (Å²) in [6.07, 6.45) is -17.6. The molecule has 2 aliphatic heterocycles. The maximum atomic E-state index is 12.9. The van der Waals surface area contributed by atoms with Crippen LogP contribution in [0.5, 0.6) is 28.7 Å². The Morgan fingerprint density at radius 3 is 1.98 bits per heavy atom. The molecule has 3 heterocycles. The lowest BCUT2D eigenvalue weighted by Gasteiger charge is -2.45. The molecule has 17 heteroatoms. The van der Waals surface area contributed by atoms with Crippen LogP contribution in [0, 0.1) is 0 Å². The molecular weight excluding hydrogens is 596 g/mol. The molecule has 11 N–H and O–H groups in total. The minimum atomic E-state index is -1.93. The first-order chi connectivity index (χ1) is 20.9. The van der Waals surface area contributed by atoms with Crippen LogP contribution in [0.25, 0.3) is 22.3 Å². The molecule has 0 aliphatic carbocycles. The Hall–Kier alpha value is -3.75. The fraction of sp³-hybridized carbons (Fsp3) is 0.444. The number of aliphatic hydroxyl groups excluding tert-OH is 7. The van der Waals surface area contributed by atoms with Crippen molar-refractivity contribution in [1.29, 1.82) is 0 Å². The van der Waals surface area contributed by atoms with Gasteiger partial charge in [-0.1, -0.05) is 0 Å². The van der Waals surface area contributed by atoms with E-state index in [1.54, 1.807) is 0 Å². The number of hydrogen-bond donors (Lipinski definition) is 11. The van der Waals surface area contributed by atoms with Crippen molar-refractivity contribution >= 4 is 11.0 Å². The van der Waals surface area contributed by atoms with Crippen LogP contribution in [0.15, 0.2) is 39.5 Å². The minimum Gasteiger partial charge on any atom is -0.507 e. The van der Waals surface area contributed by atoms with E-state index in [9.17, 15) is 61.0 Å². The van der Waals surface area contributed by atoms with Gasteiger partial charge >= 0.3 is 0 Å². The Morgan fingerprint density at radius 2 is 1.34 bits per heavy atom. The maximum Gasteiger partial charge on any atom is 0.229 e. The number of ether oxygens (including phenoxy) is 4. The van der Waals surface area contributed by atoms with Gasteiger partial charge in [0, 0.05) is 17.7 Å². The maximum absolute atomic E-state index is 12.9. The lowest BCUT2D eigenvalue weighted by Crippen LogP contribution is -2.65. The van der Waals surface area contributed by atoms with E-state index in [2.05, 4.69) is 0 Å². The molecule has 1 aromatic heterocycles. The van der Waals surface area contributed by atoms with Crippen LogP contribution >= 0.6 is 0 Å². The van der Waals surface area contributed by atoms with Crippen LogP contribution in [0.1, 0.15) is 0 Å². The quantitative estimate of drug-likeness (QED) is 0.0938. The highest BCUT2D eigenvalue weighted by molar-refractivity contribution is 5.91. The molecule has 0 saturated carbocycles. The molecule has 0 unspecified atom stereocenters.